The molecule has 0 spiro atoms. The first-order chi connectivity index (χ1) is 12.5. The molecule has 1 unspecified atom stereocenters. The second-order valence-corrected chi connectivity index (χ2v) is 5.79. The molecule has 0 saturated carbocycles. The summed E-state index contributed by atoms with van der Waals surface area (Å²) in [6.45, 7) is 4.56. The maximum Gasteiger partial charge on any atom is 0.336 e. The quantitative estimate of drug-likeness (QED) is 0.337. The average Bonchev–Trinajstić information content (AvgIpc) is 2.66. The Morgan fingerprint density at radius 3 is 2.19 bits per heavy atom. The Morgan fingerprint density at radius 1 is 1.04 bits per heavy atom. The molecule has 0 aliphatic rings. The van der Waals surface area contributed by atoms with Gasteiger partial charge in [0.05, 0.1) is 20.8 Å². The molecule has 1 atom stereocenters. The van der Waals surface area contributed by atoms with Crippen LogP contribution in [0.15, 0.2) is 30.4 Å². The highest BCUT2D eigenvalue weighted by Crippen LogP contribution is 2.36. The maximum atomic E-state index is 12.0. The summed E-state index contributed by atoms with van der Waals surface area (Å²) in [5.41, 5.74) is 0. The van der Waals surface area contributed by atoms with Crippen LogP contribution in [0.25, 0.3) is 0 Å². The molecule has 0 radical (unpaired) electrons. The molecule has 0 aliphatic carbocycles. The molecule has 0 heterocycles. The lowest BCUT2D eigenvalue weighted by Crippen LogP contribution is -2.13. The molecule has 0 fully saturated rings. The summed E-state index contributed by atoms with van der Waals surface area (Å²) in [5, 5.41) is 0. The van der Waals surface area contributed by atoms with E-state index in [0.717, 1.165) is 37.8 Å². The van der Waals surface area contributed by atoms with Crippen molar-refractivity contribution in [3.05, 3.63) is 30.4 Å². The van der Waals surface area contributed by atoms with Crippen LogP contribution in [0.2, 0.25) is 0 Å². The molecule has 144 valence electrons. The maximum absolute atomic E-state index is 12.0. The van der Waals surface area contributed by atoms with Gasteiger partial charge in [-0.25, -0.2) is 9.59 Å². The predicted molar refractivity (Wildman–Crippen MR) is 98.6 cm³/mol. The van der Waals surface area contributed by atoms with Gasteiger partial charge in [0.2, 0.25) is 5.75 Å². The lowest BCUT2D eigenvalue weighted by atomic mass is 10.0. The highest BCUT2D eigenvalue weighted by Gasteiger charge is 2.14. The minimum atomic E-state index is -0.720. The van der Waals surface area contributed by atoms with E-state index in [0.29, 0.717) is 24.0 Å². The van der Waals surface area contributed by atoms with E-state index in [-0.39, 0.29) is 5.75 Å². The van der Waals surface area contributed by atoms with Crippen molar-refractivity contribution in [3.63, 3.8) is 0 Å². The van der Waals surface area contributed by atoms with Crippen LogP contribution in [0.1, 0.15) is 39.5 Å². The van der Waals surface area contributed by atoms with Gasteiger partial charge in [-0.15, -0.1) is 0 Å². The third kappa shape index (κ3) is 7.17. The van der Waals surface area contributed by atoms with Crippen molar-refractivity contribution in [1.82, 2.24) is 0 Å². The lowest BCUT2D eigenvalue weighted by Gasteiger charge is -2.13. The van der Waals surface area contributed by atoms with E-state index < -0.39 is 11.9 Å². The minimum Gasteiger partial charge on any atom is -0.493 e. The van der Waals surface area contributed by atoms with Crippen LogP contribution in [0.5, 0.6) is 17.2 Å². The second kappa shape index (κ2) is 12.0. The van der Waals surface area contributed by atoms with Crippen molar-refractivity contribution >= 4 is 11.9 Å². The second-order valence-electron chi connectivity index (χ2n) is 5.79. The third-order valence-corrected chi connectivity index (χ3v) is 3.95. The molecule has 0 aromatic heterocycles. The van der Waals surface area contributed by atoms with E-state index in [9.17, 15) is 9.59 Å². The Labute approximate surface area is 155 Å². The SMILES string of the molecule is CCCCC(CC)COC(=O)/C=C/C(=O)Oc1c(OC)cccc1OC. The van der Waals surface area contributed by atoms with Crippen molar-refractivity contribution in [3.8, 4) is 17.2 Å². The highest BCUT2D eigenvalue weighted by molar-refractivity contribution is 5.93. The van der Waals surface area contributed by atoms with Gasteiger partial charge in [-0.1, -0.05) is 39.2 Å². The monoisotopic (exact) mass is 364 g/mol. The number of hydrogen-bond acceptors (Lipinski definition) is 6. The number of ether oxygens (including phenoxy) is 4. The van der Waals surface area contributed by atoms with Crippen LogP contribution >= 0.6 is 0 Å². The summed E-state index contributed by atoms with van der Waals surface area (Å²) in [7, 11) is 2.92. The molecule has 6 heteroatoms. The summed E-state index contributed by atoms with van der Waals surface area (Å²) in [6.07, 6.45) is 6.30. The summed E-state index contributed by atoms with van der Waals surface area (Å²) in [6, 6.07) is 5.00. The van der Waals surface area contributed by atoms with Gasteiger partial charge in [-0.3, -0.25) is 0 Å². The lowest BCUT2D eigenvalue weighted by molar-refractivity contribution is -0.139. The third-order valence-electron chi connectivity index (χ3n) is 3.95. The molecular weight excluding hydrogens is 336 g/mol. The summed E-state index contributed by atoms with van der Waals surface area (Å²) in [4.78, 5) is 23.7. The van der Waals surface area contributed by atoms with Gasteiger partial charge < -0.3 is 18.9 Å². The Balaban J connectivity index is 2.58. The standard InChI is InChI=1S/C20H28O6/c1-5-7-9-15(6-2)14-25-18(21)12-13-19(22)26-20-16(23-3)10-8-11-17(20)24-4/h8,10-13,15H,5-7,9,14H2,1-4H3/b13-12+. The largest absolute Gasteiger partial charge is 0.493 e. The fourth-order valence-corrected chi connectivity index (χ4v) is 2.33. The fraction of sp³-hybridized carbons (Fsp3) is 0.500. The zero-order valence-electron chi connectivity index (χ0n) is 15.9. The zero-order chi connectivity index (χ0) is 19.4. The van der Waals surface area contributed by atoms with Gasteiger partial charge in [-0.05, 0) is 24.5 Å². The Bertz CT molecular complexity index is 586. The summed E-state index contributed by atoms with van der Waals surface area (Å²) >= 11 is 0. The number of methoxy groups -OCH3 is 2. The van der Waals surface area contributed by atoms with Gasteiger partial charge >= 0.3 is 11.9 Å². The van der Waals surface area contributed by atoms with Gasteiger partial charge in [0.15, 0.2) is 11.5 Å². The Hall–Kier alpha value is -2.50. The number of benzene rings is 1. The first kappa shape index (κ1) is 21.5. The van der Waals surface area contributed by atoms with Crippen molar-refractivity contribution in [2.75, 3.05) is 20.8 Å². The molecule has 1 aromatic rings. The van der Waals surface area contributed by atoms with Crippen LogP contribution in [-0.2, 0) is 14.3 Å². The average molecular weight is 364 g/mol. The van der Waals surface area contributed by atoms with Crippen molar-refractivity contribution < 1.29 is 28.5 Å². The number of esters is 2. The van der Waals surface area contributed by atoms with Crippen LogP contribution in [0, 0.1) is 5.92 Å². The molecule has 0 bridgehead atoms. The molecule has 0 saturated heterocycles. The van der Waals surface area contributed by atoms with E-state index in [4.69, 9.17) is 18.9 Å². The van der Waals surface area contributed by atoms with Gasteiger partial charge in [0.25, 0.3) is 0 Å². The highest BCUT2D eigenvalue weighted by atomic mass is 16.6. The molecular formula is C20H28O6. The van der Waals surface area contributed by atoms with Crippen molar-refractivity contribution in [2.45, 2.75) is 39.5 Å². The fourth-order valence-electron chi connectivity index (χ4n) is 2.33. The molecule has 1 rings (SSSR count). The first-order valence-electron chi connectivity index (χ1n) is 8.83. The van der Waals surface area contributed by atoms with E-state index in [2.05, 4.69) is 13.8 Å². The van der Waals surface area contributed by atoms with Crippen molar-refractivity contribution in [2.24, 2.45) is 5.92 Å². The summed E-state index contributed by atoms with van der Waals surface area (Å²) in [5.74, 6) is -0.0688. The van der Waals surface area contributed by atoms with Crippen LogP contribution < -0.4 is 14.2 Å². The normalized spacial score (nSPS) is 11.8. The molecule has 6 nitrogen and oxygen atoms in total. The Morgan fingerprint density at radius 2 is 1.65 bits per heavy atom. The Kier molecular flexibility index (Phi) is 9.90. The molecule has 1 aromatic carbocycles. The van der Waals surface area contributed by atoms with Crippen LogP contribution in [-0.4, -0.2) is 32.8 Å². The van der Waals surface area contributed by atoms with E-state index in [1.54, 1.807) is 18.2 Å². The number of rotatable bonds is 11. The van der Waals surface area contributed by atoms with E-state index >= 15 is 0 Å². The van der Waals surface area contributed by atoms with Gasteiger partial charge in [0.1, 0.15) is 0 Å². The van der Waals surface area contributed by atoms with E-state index in [1.165, 1.54) is 14.2 Å². The van der Waals surface area contributed by atoms with Crippen molar-refractivity contribution in [1.29, 1.82) is 0 Å². The first-order valence-corrected chi connectivity index (χ1v) is 8.83. The van der Waals surface area contributed by atoms with E-state index in [1.807, 2.05) is 0 Å². The number of carbonyl (C=O) groups excluding carboxylic acids is 2. The zero-order valence-corrected chi connectivity index (χ0v) is 15.9. The van der Waals surface area contributed by atoms with Crippen LogP contribution in [0.4, 0.5) is 0 Å². The smallest absolute Gasteiger partial charge is 0.336 e. The molecule has 0 aliphatic heterocycles. The molecule has 0 amide bonds. The number of carbonyl (C=O) groups is 2. The number of para-hydroxylation sites is 1. The predicted octanol–water partition coefficient (Wildman–Crippen LogP) is 3.93. The minimum absolute atomic E-state index is 0.158. The number of unbranched alkanes of at least 4 members (excludes halogenated alkanes) is 1. The molecule has 26 heavy (non-hydrogen) atoms. The van der Waals surface area contributed by atoms with Gasteiger partial charge in [0, 0.05) is 12.2 Å². The topological polar surface area (TPSA) is 71.1 Å². The number of hydrogen-bond donors (Lipinski definition) is 0. The van der Waals surface area contributed by atoms with Gasteiger partial charge in [-0.2, -0.15) is 0 Å². The van der Waals surface area contributed by atoms with Crippen LogP contribution in [0.3, 0.4) is 0 Å². The summed E-state index contributed by atoms with van der Waals surface area (Å²) < 4.78 is 20.7. The molecule has 0 N–H and O–H groups in total.